The first kappa shape index (κ1) is 17.8. The molecular weight excluding hydrogens is 332 g/mol. The van der Waals surface area contributed by atoms with Crippen molar-refractivity contribution in [2.75, 3.05) is 5.32 Å². The summed E-state index contributed by atoms with van der Waals surface area (Å²) in [5.74, 6) is 0.261. The number of benzene rings is 1. The van der Waals surface area contributed by atoms with Crippen molar-refractivity contribution in [3.63, 3.8) is 0 Å². The van der Waals surface area contributed by atoms with E-state index in [-0.39, 0.29) is 11.4 Å². The van der Waals surface area contributed by atoms with Crippen LogP contribution >= 0.6 is 0 Å². The minimum Gasteiger partial charge on any atom is -0.360 e. The van der Waals surface area contributed by atoms with Crippen LogP contribution in [0.5, 0.6) is 0 Å². The van der Waals surface area contributed by atoms with Crippen molar-refractivity contribution in [1.29, 1.82) is 0 Å². The highest BCUT2D eigenvalue weighted by Gasteiger charge is 2.25. The van der Waals surface area contributed by atoms with Crippen LogP contribution in [0.25, 0.3) is 10.9 Å². The summed E-state index contributed by atoms with van der Waals surface area (Å²) in [7, 11) is 0. The molecule has 3 aromatic rings. The predicted molar refractivity (Wildman–Crippen MR) is 99.4 cm³/mol. The van der Waals surface area contributed by atoms with Gasteiger partial charge >= 0.3 is 0 Å². The van der Waals surface area contributed by atoms with Crippen molar-refractivity contribution in [3.05, 3.63) is 51.1 Å². The number of carbonyl (C=O) groups is 1. The summed E-state index contributed by atoms with van der Waals surface area (Å²) in [4.78, 5) is 25.6. The largest absolute Gasteiger partial charge is 0.360 e. The van der Waals surface area contributed by atoms with E-state index in [4.69, 9.17) is 4.52 Å². The Morgan fingerprint density at radius 2 is 2.00 bits per heavy atom. The quantitative estimate of drug-likeness (QED) is 0.777. The van der Waals surface area contributed by atoms with Crippen LogP contribution in [0.3, 0.4) is 0 Å². The Morgan fingerprint density at radius 3 is 2.69 bits per heavy atom. The van der Waals surface area contributed by atoms with Gasteiger partial charge in [-0.15, -0.1) is 0 Å². The Labute approximate surface area is 151 Å². The molecule has 0 fully saturated rings. The first-order valence-electron chi connectivity index (χ1n) is 8.57. The Kier molecular flexibility index (Phi) is 4.63. The number of anilines is 1. The van der Waals surface area contributed by atoms with E-state index in [9.17, 15) is 9.59 Å². The van der Waals surface area contributed by atoms with Crippen molar-refractivity contribution in [2.24, 2.45) is 0 Å². The number of aromatic nitrogens is 3. The second kappa shape index (κ2) is 6.74. The molecule has 0 bridgehead atoms. The molecule has 0 saturated carbocycles. The fraction of sp³-hybridized carbons (Fsp3) is 0.368. The highest BCUT2D eigenvalue weighted by atomic mass is 16.5. The fourth-order valence-electron chi connectivity index (χ4n) is 3.08. The van der Waals surface area contributed by atoms with Crippen molar-refractivity contribution in [1.82, 2.24) is 14.9 Å². The summed E-state index contributed by atoms with van der Waals surface area (Å²) in [6.07, 6.45) is 0.422. The van der Waals surface area contributed by atoms with Crippen LogP contribution in [-0.4, -0.2) is 20.8 Å². The molecule has 136 valence electrons. The van der Waals surface area contributed by atoms with Crippen molar-refractivity contribution >= 4 is 22.5 Å². The van der Waals surface area contributed by atoms with Crippen LogP contribution in [0, 0.1) is 27.7 Å². The van der Waals surface area contributed by atoms with Crippen LogP contribution in [0.2, 0.25) is 0 Å². The van der Waals surface area contributed by atoms with E-state index < -0.39 is 11.6 Å². The average Bonchev–Trinajstić information content (AvgIpc) is 2.98. The summed E-state index contributed by atoms with van der Waals surface area (Å²) in [6, 6.07) is 5.11. The lowest BCUT2D eigenvalue weighted by molar-refractivity contribution is -0.119. The van der Waals surface area contributed by atoms with Gasteiger partial charge in [-0.1, -0.05) is 24.2 Å². The molecule has 26 heavy (non-hydrogen) atoms. The van der Waals surface area contributed by atoms with E-state index in [0.717, 1.165) is 16.8 Å². The zero-order chi connectivity index (χ0) is 19.0. The van der Waals surface area contributed by atoms with Crippen molar-refractivity contribution in [2.45, 2.75) is 47.1 Å². The lowest BCUT2D eigenvalue weighted by Gasteiger charge is -2.18. The molecule has 1 amide bonds. The number of hydrogen-bond donors (Lipinski definition) is 1. The standard InChI is InChI=1S/C19H22N4O3/c1-6-15(18(24)20-14-9-10(2)7-8-11(14)3)23-19(25)17-16(12(4)21-23)13(5)26-22-17/h7-9,15H,6H2,1-5H3,(H,20,24)/t15-/m1/s1. The van der Waals surface area contributed by atoms with Gasteiger partial charge in [-0.3, -0.25) is 9.59 Å². The summed E-state index contributed by atoms with van der Waals surface area (Å²) in [5, 5.41) is 11.7. The third kappa shape index (κ3) is 3.00. The first-order valence-corrected chi connectivity index (χ1v) is 8.57. The Bertz CT molecular complexity index is 1050. The van der Waals surface area contributed by atoms with Crippen molar-refractivity contribution in [3.8, 4) is 0 Å². The van der Waals surface area contributed by atoms with Gasteiger partial charge in [-0.25, -0.2) is 4.68 Å². The Morgan fingerprint density at radius 1 is 1.27 bits per heavy atom. The van der Waals surface area contributed by atoms with Crippen LogP contribution in [0.4, 0.5) is 5.69 Å². The molecule has 0 unspecified atom stereocenters. The number of amides is 1. The Balaban J connectivity index is 2.02. The molecule has 3 rings (SSSR count). The fourth-order valence-corrected chi connectivity index (χ4v) is 3.08. The van der Waals surface area contributed by atoms with Gasteiger partial charge in [-0.2, -0.15) is 5.10 Å². The maximum atomic E-state index is 12.9. The lowest BCUT2D eigenvalue weighted by atomic mass is 10.1. The summed E-state index contributed by atoms with van der Waals surface area (Å²) in [5.41, 5.74) is 3.12. The van der Waals surface area contributed by atoms with Gasteiger partial charge in [0.25, 0.3) is 5.56 Å². The monoisotopic (exact) mass is 354 g/mol. The molecule has 2 aromatic heterocycles. The van der Waals surface area contributed by atoms with Gasteiger partial charge < -0.3 is 9.84 Å². The van der Waals surface area contributed by atoms with Gasteiger partial charge in [0, 0.05) is 5.69 Å². The molecule has 0 spiro atoms. The van der Waals surface area contributed by atoms with Crippen molar-refractivity contribution < 1.29 is 9.32 Å². The zero-order valence-electron chi connectivity index (χ0n) is 15.6. The molecule has 2 heterocycles. The molecule has 0 saturated heterocycles. The molecule has 0 radical (unpaired) electrons. The predicted octanol–water partition coefficient (Wildman–Crippen LogP) is 3.21. The number of nitrogens with zero attached hydrogens (tertiary/aromatic N) is 3. The van der Waals surface area contributed by atoms with E-state index in [0.29, 0.717) is 23.3 Å². The van der Waals surface area contributed by atoms with Gasteiger partial charge in [0.05, 0.1) is 11.1 Å². The highest BCUT2D eigenvalue weighted by Crippen LogP contribution is 2.21. The number of carbonyl (C=O) groups excluding carboxylic acids is 1. The summed E-state index contributed by atoms with van der Waals surface area (Å²) < 4.78 is 6.33. The van der Waals surface area contributed by atoms with E-state index >= 15 is 0 Å². The van der Waals surface area contributed by atoms with Gasteiger partial charge in [0.2, 0.25) is 5.91 Å². The molecule has 7 nitrogen and oxygen atoms in total. The van der Waals surface area contributed by atoms with Gasteiger partial charge in [-0.05, 0) is 51.3 Å². The first-order chi connectivity index (χ1) is 12.3. The summed E-state index contributed by atoms with van der Waals surface area (Å²) >= 11 is 0. The SMILES string of the molecule is CC[C@H](C(=O)Nc1cc(C)ccc1C)n1nc(C)c2c(C)onc2c1=O. The molecule has 7 heteroatoms. The van der Waals surface area contributed by atoms with E-state index in [1.54, 1.807) is 13.8 Å². The van der Waals surface area contributed by atoms with Gasteiger partial charge in [0.15, 0.2) is 5.52 Å². The summed E-state index contributed by atoms with van der Waals surface area (Å²) in [6.45, 7) is 9.24. The topological polar surface area (TPSA) is 90.0 Å². The third-order valence-corrected chi connectivity index (χ3v) is 4.53. The van der Waals surface area contributed by atoms with E-state index in [2.05, 4.69) is 15.6 Å². The second-order valence-corrected chi connectivity index (χ2v) is 6.53. The smallest absolute Gasteiger partial charge is 0.297 e. The maximum absolute atomic E-state index is 12.9. The van der Waals surface area contributed by atoms with Crippen LogP contribution in [0.1, 0.15) is 42.0 Å². The van der Waals surface area contributed by atoms with Crippen LogP contribution in [0.15, 0.2) is 27.5 Å². The highest BCUT2D eigenvalue weighted by molar-refractivity contribution is 5.94. The molecule has 1 N–H and O–H groups in total. The molecule has 1 atom stereocenters. The average molecular weight is 354 g/mol. The minimum absolute atomic E-state index is 0.202. The van der Waals surface area contributed by atoms with Crippen LogP contribution in [-0.2, 0) is 4.79 Å². The van der Waals surface area contributed by atoms with Crippen LogP contribution < -0.4 is 10.9 Å². The molecule has 0 aliphatic rings. The molecule has 0 aliphatic carbocycles. The normalized spacial score (nSPS) is 12.3. The maximum Gasteiger partial charge on any atom is 0.297 e. The van der Waals surface area contributed by atoms with Gasteiger partial charge in [0.1, 0.15) is 11.8 Å². The minimum atomic E-state index is -0.734. The number of rotatable bonds is 4. The number of fused-ring (bicyclic) bond motifs is 1. The third-order valence-electron chi connectivity index (χ3n) is 4.53. The molecule has 1 aromatic carbocycles. The number of aryl methyl sites for hydroxylation is 4. The number of hydrogen-bond acceptors (Lipinski definition) is 5. The molecule has 0 aliphatic heterocycles. The Hall–Kier alpha value is -2.96. The lowest BCUT2D eigenvalue weighted by Crippen LogP contribution is -2.35. The van der Waals surface area contributed by atoms with E-state index in [1.807, 2.05) is 39.0 Å². The second-order valence-electron chi connectivity index (χ2n) is 6.53. The zero-order valence-corrected chi connectivity index (χ0v) is 15.6. The molecular formula is C19H22N4O3. The number of nitrogens with one attached hydrogen (secondary N) is 1. The van der Waals surface area contributed by atoms with E-state index in [1.165, 1.54) is 4.68 Å².